The third-order valence-electron chi connectivity index (χ3n) is 5.34. The first-order valence-electron chi connectivity index (χ1n) is 10.8. The normalized spacial score (nSPS) is 11.1. The molecule has 172 valence electrons. The van der Waals surface area contributed by atoms with Gasteiger partial charge in [0, 0.05) is 38.5 Å². The average Bonchev–Trinajstić information content (AvgIpc) is 2.84. The molecule has 0 amide bonds. The van der Waals surface area contributed by atoms with E-state index in [2.05, 4.69) is 21.8 Å². The van der Waals surface area contributed by atoms with Gasteiger partial charge in [-0.1, -0.05) is 12.1 Å². The van der Waals surface area contributed by atoms with E-state index < -0.39 is 0 Å². The topological polar surface area (TPSA) is 73.8 Å². The summed E-state index contributed by atoms with van der Waals surface area (Å²) >= 11 is 0. The Labute approximate surface area is 195 Å². The van der Waals surface area contributed by atoms with Gasteiger partial charge in [-0.05, 0) is 54.6 Å². The van der Waals surface area contributed by atoms with Crippen molar-refractivity contribution in [2.24, 2.45) is 5.10 Å². The lowest BCUT2D eigenvalue weighted by Crippen LogP contribution is -2.73. The first-order valence-corrected chi connectivity index (χ1v) is 10.8. The van der Waals surface area contributed by atoms with Crippen molar-refractivity contribution < 1.29 is 14.8 Å². The third kappa shape index (κ3) is 6.33. The monoisotopic (exact) mass is 446 g/mol. The van der Waals surface area contributed by atoms with Gasteiger partial charge in [0.1, 0.15) is 11.5 Å². The summed E-state index contributed by atoms with van der Waals surface area (Å²) in [6.45, 7) is 1.97. The molecule has 3 N–H and O–H groups in total. The molecule has 0 aromatic heterocycles. The molecule has 0 saturated carbocycles. The molecule has 0 aliphatic heterocycles. The zero-order chi connectivity index (χ0) is 23.8. The molecule has 3 aromatic carbocycles. The highest BCUT2D eigenvalue weighted by Crippen LogP contribution is 2.23. The van der Waals surface area contributed by atoms with Crippen LogP contribution in [0.2, 0.25) is 0 Å². The van der Waals surface area contributed by atoms with E-state index >= 15 is 0 Å². The largest absolute Gasteiger partial charge is 0.497 e. The van der Waals surface area contributed by atoms with Gasteiger partial charge in [0.25, 0.3) is 0 Å². The summed E-state index contributed by atoms with van der Waals surface area (Å²) in [6.07, 6.45) is 0. The summed E-state index contributed by atoms with van der Waals surface area (Å²) in [5.74, 6) is 0.767. The number of nitrogens with two attached hydrogens (primary N) is 1. The SMILES string of the molecule is C[NH2+]c1ccccc1N(C)C/C(=N/N(C)c1ccc(Nc2ccc(OC)cc2)cc1)C(C)=O. The Balaban J connectivity index is 1.71. The lowest BCUT2D eigenvalue weighted by molar-refractivity contribution is -0.538. The Bertz CT molecular complexity index is 1090. The Kier molecular flexibility index (Phi) is 8.05. The summed E-state index contributed by atoms with van der Waals surface area (Å²) in [5.41, 5.74) is 5.49. The smallest absolute Gasteiger partial charge is 0.177 e. The van der Waals surface area contributed by atoms with Gasteiger partial charge >= 0.3 is 0 Å². The van der Waals surface area contributed by atoms with Crippen molar-refractivity contribution in [1.82, 2.24) is 0 Å². The van der Waals surface area contributed by atoms with Crippen molar-refractivity contribution in [3.05, 3.63) is 72.8 Å². The Hall–Kier alpha value is -3.84. The van der Waals surface area contributed by atoms with Crippen molar-refractivity contribution >= 4 is 39.9 Å². The molecule has 0 aliphatic carbocycles. The van der Waals surface area contributed by atoms with Gasteiger partial charge in [-0.2, -0.15) is 5.10 Å². The summed E-state index contributed by atoms with van der Waals surface area (Å²) in [7, 11) is 7.48. The van der Waals surface area contributed by atoms with Crippen molar-refractivity contribution in [3.8, 4) is 5.75 Å². The second kappa shape index (κ2) is 11.2. The Morgan fingerprint density at radius 3 is 2.15 bits per heavy atom. The highest BCUT2D eigenvalue weighted by atomic mass is 16.5. The number of methoxy groups -OCH3 is 1. The Morgan fingerprint density at radius 2 is 1.58 bits per heavy atom. The van der Waals surface area contributed by atoms with E-state index in [1.165, 1.54) is 0 Å². The summed E-state index contributed by atoms with van der Waals surface area (Å²) in [5, 5.41) is 11.8. The number of rotatable bonds is 10. The molecule has 3 aromatic rings. The number of hydrogen-bond acceptors (Lipinski definition) is 6. The van der Waals surface area contributed by atoms with Gasteiger partial charge in [-0.3, -0.25) is 9.80 Å². The highest BCUT2D eigenvalue weighted by molar-refractivity contribution is 6.40. The lowest BCUT2D eigenvalue weighted by atomic mass is 10.2. The number of carbonyl (C=O) groups is 1. The van der Waals surface area contributed by atoms with Crippen LogP contribution in [0.25, 0.3) is 0 Å². The predicted molar refractivity (Wildman–Crippen MR) is 136 cm³/mol. The summed E-state index contributed by atoms with van der Waals surface area (Å²) in [6, 6.07) is 23.8. The number of Topliss-reactive ketones (excluding diaryl/α,β-unsaturated/α-hetero) is 1. The first kappa shape index (κ1) is 23.8. The maximum Gasteiger partial charge on any atom is 0.177 e. The van der Waals surface area contributed by atoms with Crippen LogP contribution in [0.1, 0.15) is 6.92 Å². The van der Waals surface area contributed by atoms with Crippen molar-refractivity contribution in [1.29, 1.82) is 0 Å². The number of ketones is 1. The number of hydrogen-bond donors (Lipinski definition) is 2. The fourth-order valence-electron chi connectivity index (χ4n) is 3.44. The molecule has 0 unspecified atom stereocenters. The summed E-state index contributed by atoms with van der Waals surface area (Å²) in [4.78, 5) is 14.4. The molecular weight excluding hydrogens is 414 g/mol. The highest BCUT2D eigenvalue weighted by Gasteiger charge is 2.15. The van der Waals surface area contributed by atoms with Gasteiger partial charge < -0.3 is 20.3 Å². The van der Waals surface area contributed by atoms with E-state index in [-0.39, 0.29) is 5.78 Å². The number of para-hydroxylation sites is 2. The van der Waals surface area contributed by atoms with E-state index in [4.69, 9.17) is 4.74 Å². The van der Waals surface area contributed by atoms with Crippen LogP contribution < -0.4 is 25.3 Å². The van der Waals surface area contributed by atoms with E-state index in [0.29, 0.717) is 12.3 Å². The molecule has 0 spiro atoms. The number of hydrazone groups is 1. The minimum atomic E-state index is -0.0514. The van der Waals surface area contributed by atoms with E-state index in [0.717, 1.165) is 34.2 Å². The van der Waals surface area contributed by atoms with Crippen molar-refractivity contribution in [3.63, 3.8) is 0 Å². The van der Waals surface area contributed by atoms with Crippen LogP contribution in [0.5, 0.6) is 5.75 Å². The van der Waals surface area contributed by atoms with Crippen LogP contribution in [0.3, 0.4) is 0 Å². The molecule has 3 rings (SSSR count). The molecule has 0 heterocycles. The molecule has 0 fully saturated rings. The standard InChI is InChI=1S/C26H31N5O2/c1-19(32)25(18-30(3)26-9-7-6-8-24(26)27-2)29-31(4)22-14-10-20(11-15-22)28-21-12-16-23(33-5)17-13-21/h6-17,27-28H,18H2,1-5H3/p+1/b29-25-. The maximum atomic E-state index is 12.3. The fraction of sp³-hybridized carbons (Fsp3) is 0.231. The zero-order valence-electron chi connectivity index (χ0n) is 19.9. The van der Waals surface area contributed by atoms with Crippen LogP contribution in [-0.2, 0) is 4.79 Å². The third-order valence-corrected chi connectivity index (χ3v) is 5.34. The molecule has 7 heteroatoms. The maximum absolute atomic E-state index is 12.3. The molecule has 33 heavy (non-hydrogen) atoms. The molecule has 0 radical (unpaired) electrons. The van der Waals surface area contributed by atoms with Gasteiger partial charge in [-0.15, -0.1) is 0 Å². The fourth-order valence-corrected chi connectivity index (χ4v) is 3.44. The number of nitrogens with zero attached hydrogens (tertiary/aromatic N) is 3. The average molecular weight is 447 g/mol. The quantitative estimate of drug-likeness (QED) is 0.282. The number of ether oxygens (including phenoxy) is 1. The van der Waals surface area contributed by atoms with Crippen LogP contribution in [0.4, 0.5) is 28.4 Å². The minimum Gasteiger partial charge on any atom is -0.497 e. The lowest BCUT2D eigenvalue weighted by Gasteiger charge is -2.22. The van der Waals surface area contributed by atoms with Crippen LogP contribution in [0.15, 0.2) is 77.9 Å². The van der Waals surface area contributed by atoms with Crippen molar-refractivity contribution in [2.45, 2.75) is 6.92 Å². The minimum absolute atomic E-state index is 0.0514. The number of benzene rings is 3. The van der Waals surface area contributed by atoms with E-state index in [1.807, 2.05) is 92.8 Å². The van der Waals surface area contributed by atoms with Crippen LogP contribution in [0, 0.1) is 0 Å². The predicted octanol–water partition coefficient (Wildman–Crippen LogP) is 3.78. The summed E-state index contributed by atoms with van der Waals surface area (Å²) < 4.78 is 5.20. The molecule has 0 atom stereocenters. The molecule has 0 aliphatic rings. The number of nitrogens with one attached hydrogen (secondary N) is 1. The Morgan fingerprint density at radius 1 is 0.970 bits per heavy atom. The zero-order valence-corrected chi connectivity index (χ0v) is 19.9. The molecule has 0 bridgehead atoms. The van der Waals surface area contributed by atoms with E-state index in [1.54, 1.807) is 19.0 Å². The van der Waals surface area contributed by atoms with Gasteiger partial charge in [0.05, 0.1) is 32.1 Å². The number of anilines is 4. The van der Waals surface area contributed by atoms with Crippen LogP contribution >= 0.6 is 0 Å². The first-order chi connectivity index (χ1) is 15.9. The number of quaternary nitrogens is 1. The van der Waals surface area contributed by atoms with Crippen molar-refractivity contribution in [2.75, 3.05) is 50.0 Å². The molecule has 0 saturated heterocycles. The van der Waals surface area contributed by atoms with Gasteiger partial charge in [0.2, 0.25) is 0 Å². The number of carbonyl (C=O) groups excluding carboxylic acids is 1. The second-order valence-corrected chi connectivity index (χ2v) is 7.73. The van der Waals surface area contributed by atoms with E-state index in [9.17, 15) is 4.79 Å². The van der Waals surface area contributed by atoms with Gasteiger partial charge in [0.15, 0.2) is 11.5 Å². The second-order valence-electron chi connectivity index (χ2n) is 7.73. The van der Waals surface area contributed by atoms with Gasteiger partial charge in [-0.25, -0.2) is 0 Å². The molecular formula is C26H32N5O2+. The molecule has 7 nitrogen and oxygen atoms in total. The van der Waals surface area contributed by atoms with Crippen LogP contribution in [-0.4, -0.2) is 46.3 Å².